The summed E-state index contributed by atoms with van der Waals surface area (Å²) in [6.45, 7) is 9.88. The molecule has 0 N–H and O–H groups in total. The summed E-state index contributed by atoms with van der Waals surface area (Å²) in [4.78, 5) is 13.1. The fourth-order valence-corrected chi connectivity index (χ4v) is 1.86. The van der Waals surface area contributed by atoms with Gasteiger partial charge in [0.05, 0.1) is 0 Å². The van der Waals surface area contributed by atoms with E-state index in [9.17, 15) is 4.79 Å². The molecule has 0 aromatic heterocycles. The second-order valence-corrected chi connectivity index (χ2v) is 4.67. The van der Waals surface area contributed by atoms with Crippen LogP contribution in [-0.2, 0) is 4.79 Å². The van der Waals surface area contributed by atoms with E-state index in [1.807, 2.05) is 4.90 Å². The summed E-state index contributed by atoms with van der Waals surface area (Å²) in [5, 5.41) is 0. The van der Waals surface area contributed by atoms with Gasteiger partial charge in [0.2, 0.25) is 5.91 Å². The van der Waals surface area contributed by atoms with Gasteiger partial charge in [-0.1, -0.05) is 25.5 Å². The van der Waals surface area contributed by atoms with Crippen LogP contribution in [0.25, 0.3) is 0 Å². The Morgan fingerprint density at radius 3 is 2.69 bits per heavy atom. The maximum Gasteiger partial charge on any atom is 0.219 e. The largest absolute Gasteiger partial charge is 0.339 e. The lowest BCUT2D eigenvalue weighted by Gasteiger charge is -2.21. The van der Waals surface area contributed by atoms with Crippen molar-refractivity contribution >= 4 is 5.91 Å². The van der Waals surface area contributed by atoms with Gasteiger partial charge in [0, 0.05) is 20.0 Å². The molecule has 0 unspecified atom stereocenters. The molecule has 74 valence electrons. The van der Waals surface area contributed by atoms with E-state index in [0.29, 0.717) is 0 Å². The molecule has 1 amide bonds. The number of allylic oxidation sites excluding steroid dienone is 1. The van der Waals surface area contributed by atoms with Gasteiger partial charge in [0.1, 0.15) is 0 Å². The lowest BCUT2D eigenvalue weighted by atomic mass is 9.88. The molecule has 0 saturated heterocycles. The standard InChI is InChI=1S/C11H19NO/c1-9-7-11(3,4)5-6-12(8-9)10(2)13/h7H,5-6,8H2,1-4H3. The predicted octanol–water partition coefficient (Wildman–Crippen LogP) is 2.21. The van der Waals surface area contributed by atoms with Crippen LogP contribution in [-0.4, -0.2) is 23.9 Å². The number of hydrogen-bond donors (Lipinski definition) is 0. The molecule has 13 heavy (non-hydrogen) atoms. The number of rotatable bonds is 0. The molecule has 1 aliphatic rings. The van der Waals surface area contributed by atoms with E-state index < -0.39 is 0 Å². The predicted molar refractivity (Wildman–Crippen MR) is 54.4 cm³/mol. The Labute approximate surface area is 80.6 Å². The van der Waals surface area contributed by atoms with Crippen molar-refractivity contribution in [3.05, 3.63) is 11.6 Å². The van der Waals surface area contributed by atoms with E-state index in [4.69, 9.17) is 0 Å². The normalized spacial score (nSPS) is 22.2. The number of nitrogens with zero attached hydrogens (tertiary/aromatic N) is 1. The smallest absolute Gasteiger partial charge is 0.219 e. The van der Waals surface area contributed by atoms with Crippen LogP contribution < -0.4 is 0 Å². The lowest BCUT2D eigenvalue weighted by molar-refractivity contribution is -0.128. The lowest BCUT2D eigenvalue weighted by Crippen LogP contribution is -2.31. The van der Waals surface area contributed by atoms with Crippen molar-refractivity contribution in [2.75, 3.05) is 13.1 Å². The second-order valence-electron chi connectivity index (χ2n) is 4.67. The summed E-state index contributed by atoms with van der Waals surface area (Å²) in [6.07, 6.45) is 3.35. The molecule has 0 radical (unpaired) electrons. The number of carbonyl (C=O) groups is 1. The zero-order valence-electron chi connectivity index (χ0n) is 9.05. The average molecular weight is 181 g/mol. The first-order valence-corrected chi connectivity index (χ1v) is 4.84. The molecule has 1 aliphatic heterocycles. The first-order chi connectivity index (χ1) is 5.91. The summed E-state index contributed by atoms with van der Waals surface area (Å²) < 4.78 is 0. The van der Waals surface area contributed by atoms with Crippen LogP contribution in [0.15, 0.2) is 11.6 Å². The van der Waals surface area contributed by atoms with Crippen molar-refractivity contribution in [2.45, 2.75) is 34.1 Å². The summed E-state index contributed by atoms with van der Waals surface area (Å²) in [5.41, 5.74) is 1.55. The van der Waals surface area contributed by atoms with E-state index in [1.54, 1.807) is 6.92 Å². The number of amides is 1. The Morgan fingerprint density at radius 1 is 1.54 bits per heavy atom. The van der Waals surface area contributed by atoms with Crippen molar-refractivity contribution < 1.29 is 4.79 Å². The van der Waals surface area contributed by atoms with Crippen molar-refractivity contribution in [1.29, 1.82) is 0 Å². The molecule has 0 spiro atoms. The zero-order valence-corrected chi connectivity index (χ0v) is 9.05. The van der Waals surface area contributed by atoms with E-state index in [0.717, 1.165) is 19.5 Å². The quantitative estimate of drug-likeness (QED) is 0.525. The van der Waals surface area contributed by atoms with Gasteiger partial charge in [-0.3, -0.25) is 4.79 Å². The summed E-state index contributed by atoms with van der Waals surface area (Å²) in [5.74, 6) is 0.186. The molecule has 0 atom stereocenters. The molecule has 2 heteroatoms. The van der Waals surface area contributed by atoms with Crippen LogP contribution in [0.4, 0.5) is 0 Å². The molecule has 0 aromatic carbocycles. The SMILES string of the molecule is CC(=O)N1CCC(C)(C)C=C(C)C1. The van der Waals surface area contributed by atoms with Crippen molar-refractivity contribution in [1.82, 2.24) is 4.90 Å². The van der Waals surface area contributed by atoms with Crippen LogP contribution in [0.1, 0.15) is 34.1 Å². The molecular weight excluding hydrogens is 162 g/mol. The molecule has 0 saturated carbocycles. The number of hydrogen-bond acceptors (Lipinski definition) is 1. The van der Waals surface area contributed by atoms with E-state index in [2.05, 4.69) is 26.8 Å². The van der Waals surface area contributed by atoms with Gasteiger partial charge in [-0.15, -0.1) is 0 Å². The van der Waals surface area contributed by atoms with E-state index in [1.165, 1.54) is 5.57 Å². The number of carbonyl (C=O) groups excluding carboxylic acids is 1. The Hall–Kier alpha value is -0.790. The van der Waals surface area contributed by atoms with Gasteiger partial charge in [-0.2, -0.15) is 0 Å². The highest BCUT2D eigenvalue weighted by Crippen LogP contribution is 2.27. The highest BCUT2D eigenvalue weighted by molar-refractivity contribution is 5.73. The molecule has 0 aliphatic carbocycles. The van der Waals surface area contributed by atoms with Crippen LogP contribution in [0, 0.1) is 5.41 Å². The van der Waals surface area contributed by atoms with Gasteiger partial charge < -0.3 is 4.90 Å². The third-order valence-electron chi connectivity index (χ3n) is 2.55. The maximum atomic E-state index is 11.2. The van der Waals surface area contributed by atoms with E-state index in [-0.39, 0.29) is 11.3 Å². The topological polar surface area (TPSA) is 20.3 Å². The zero-order chi connectivity index (χ0) is 10.1. The Balaban J connectivity index is 2.76. The van der Waals surface area contributed by atoms with Gasteiger partial charge in [-0.25, -0.2) is 0 Å². The monoisotopic (exact) mass is 181 g/mol. The molecular formula is C11H19NO. The van der Waals surface area contributed by atoms with Gasteiger partial charge >= 0.3 is 0 Å². The molecule has 1 rings (SSSR count). The average Bonchev–Trinajstić information content (AvgIpc) is 2.07. The van der Waals surface area contributed by atoms with Crippen molar-refractivity contribution in [2.24, 2.45) is 5.41 Å². The third kappa shape index (κ3) is 2.87. The fraction of sp³-hybridized carbons (Fsp3) is 0.727. The molecule has 0 bridgehead atoms. The highest BCUT2D eigenvalue weighted by Gasteiger charge is 2.22. The Morgan fingerprint density at radius 2 is 2.15 bits per heavy atom. The van der Waals surface area contributed by atoms with Crippen molar-refractivity contribution in [3.8, 4) is 0 Å². The van der Waals surface area contributed by atoms with Crippen LogP contribution >= 0.6 is 0 Å². The maximum absolute atomic E-state index is 11.2. The summed E-state index contributed by atoms with van der Waals surface area (Å²) in [7, 11) is 0. The Bertz CT molecular complexity index is 240. The Kier molecular flexibility index (Phi) is 2.79. The van der Waals surface area contributed by atoms with Crippen LogP contribution in [0.5, 0.6) is 0 Å². The molecule has 0 aromatic rings. The summed E-state index contributed by atoms with van der Waals surface area (Å²) >= 11 is 0. The van der Waals surface area contributed by atoms with Crippen molar-refractivity contribution in [3.63, 3.8) is 0 Å². The van der Waals surface area contributed by atoms with Gasteiger partial charge in [-0.05, 0) is 18.8 Å². The van der Waals surface area contributed by atoms with E-state index >= 15 is 0 Å². The van der Waals surface area contributed by atoms with Gasteiger partial charge in [0.15, 0.2) is 0 Å². The molecule has 2 nitrogen and oxygen atoms in total. The van der Waals surface area contributed by atoms with Crippen LogP contribution in [0.2, 0.25) is 0 Å². The molecule has 1 heterocycles. The molecule has 0 fully saturated rings. The second kappa shape index (κ2) is 3.52. The minimum absolute atomic E-state index is 0.186. The minimum Gasteiger partial charge on any atom is -0.339 e. The highest BCUT2D eigenvalue weighted by atomic mass is 16.2. The summed E-state index contributed by atoms with van der Waals surface area (Å²) in [6, 6.07) is 0. The fourth-order valence-electron chi connectivity index (χ4n) is 1.86. The minimum atomic E-state index is 0.186. The first kappa shape index (κ1) is 10.3. The first-order valence-electron chi connectivity index (χ1n) is 4.84. The third-order valence-corrected chi connectivity index (χ3v) is 2.55. The van der Waals surface area contributed by atoms with Gasteiger partial charge in [0.25, 0.3) is 0 Å². The van der Waals surface area contributed by atoms with Crippen LogP contribution in [0.3, 0.4) is 0 Å².